The zero-order valence-corrected chi connectivity index (χ0v) is 16.4. The molecule has 2 aliphatic rings. The number of nitrogens with zero attached hydrogens (tertiary/aromatic N) is 3. The van der Waals surface area contributed by atoms with Gasteiger partial charge in [0, 0.05) is 26.2 Å². The molecule has 0 amide bonds. The number of methoxy groups -OCH3 is 2. The van der Waals surface area contributed by atoms with Crippen LogP contribution >= 0.6 is 12.4 Å². The summed E-state index contributed by atoms with van der Waals surface area (Å²) in [6.45, 7) is 0.733. The van der Waals surface area contributed by atoms with Crippen LogP contribution in [0.1, 0.15) is 18.9 Å². The number of anilines is 1. The lowest BCUT2D eigenvalue weighted by atomic mass is 10.1. The van der Waals surface area contributed by atoms with Gasteiger partial charge in [-0.3, -0.25) is 9.36 Å². The van der Waals surface area contributed by atoms with Gasteiger partial charge in [0.1, 0.15) is 11.2 Å². The maximum Gasteiger partial charge on any atom is 0.350 e. The van der Waals surface area contributed by atoms with E-state index in [1.165, 1.54) is 11.7 Å². The summed E-state index contributed by atoms with van der Waals surface area (Å²) >= 11 is 0. The summed E-state index contributed by atoms with van der Waals surface area (Å²) < 4.78 is 27.9. The average Bonchev–Trinajstić information content (AvgIpc) is 3.41. The molecule has 1 saturated carbocycles. The summed E-state index contributed by atoms with van der Waals surface area (Å²) in [4.78, 5) is 26.8. The van der Waals surface area contributed by atoms with Crippen LogP contribution in [0.15, 0.2) is 15.7 Å². The highest BCUT2D eigenvalue weighted by Gasteiger charge is 2.36. The van der Waals surface area contributed by atoms with Crippen molar-refractivity contribution in [3.63, 3.8) is 0 Å². The number of ether oxygens (including phenoxy) is 2. The zero-order valence-electron chi connectivity index (χ0n) is 15.6. The number of hydrogen-bond acceptors (Lipinski definition) is 7. The second-order valence-corrected chi connectivity index (χ2v) is 7.04. The van der Waals surface area contributed by atoms with E-state index >= 15 is 4.39 Å². The molecular weight excluding hydrogens is 393 g/mol. The van der Waals surface area contributed by atoms with Gasteiger partial charge in [0.15, 0.2) is 11.6 Å². The summed E-state index contributed by atoms with van der Waals surface area (Å²) in [6.07, 6.45) is 1.31. The van der Waals surface area contributed by atoms with E-state index in [9.17, 15) is 9.59 Å². The number of nitrogens with two attached hydrogens (primary N) is 2. The second-order valence-electron chi connectivity index (χ2n) is 7.04. The third-order valence-corrected chi connectivity index (χ3v) is 5.33. The third-order valence-electron chi connectivity index (χ3n) is 5.33. The Morgan fingerprint density at radius 1 is 1.21 bits per heavy atom. The number of benzene rings is 1. The fourth-order valence-corrected chi connectivity index (χ4v) is 3.83. The van der Waals surface area contributed by atoms with E-state index in [1.807, 2.05) is 0 Å². The van der Waals surface area contributed by atoms with Crippen molar-refractivity contribution in [1.29, 1.82) is 0 Å². The van der Waals surface area contributed by atoms with Crippen molar-refractivity contribution in [2.45, 2.75) is 31.0 Å². The van der Waals surface area contributed by atoms with Gasteiger partial charge < -0.3 is 25.9 Å². The van der Waals surface area contributed by atoms with Crippen molar-refractivity contribution >= 4 is 29.0 Å². The first kappa shape index (κ1) is 20.4. The van der Waals surface area contributed by atoms with Crippen LogP contribution < -0.4 is 32.5 Å². The van der Waals surface area contributed by atoms with E-state index in [2.05, 4.69) is 0 Å². The molecule has 2 atom stereocenters. The van der Waals surface area contributed by atoms with Gasteiger partial charge in [-0.2, -0.15) is 4.68 Å². The Morgan fingerprint density at radius 3 is 2.43 bits per heavy atom. The van der Waals surface area contributed by atoms with Crippen LogP contribution in [0.2, 0.25) is 0 Å². The number of halogens is 2. The number of rotatable bonds is 4. The largest absolute Gasteiger partial charge is 0.492 e. The molecule has 1 saturated heterocycles. The molecule has 0 radical (unpaired) electrons. The molecule has 11 heteroatoms. The van der Waals surface area contributed by atoms with Crippen molar-refractivity contribution in [2.24, 2.45) is 5.73 Å². The predicted octanol–water partition coefficient (Wildman–Crippen LogP) is -0.0563. The molecule has 1 aromatic carbocycles. The molecule has 2 unspecified atom stereocenters. The molecule has 1 aliphatic carbocycles. The highest BCUT2D eigenvalue weighted by Crippen LogP contribution is 2.43. The quantitative estimate of drug-likeness (QED) is 0.672. The SMILES string of the molecule is COc1c(N2CC(N)C(OC)C2)c(F)cc2c(=O)n(N)c(=O)n(C3CC3)c12.Cl. The lowest BCUT2D eigenvalue weighted by Crippen LogP contribution is -2.44. The van der Waals surface area contributed by atoms with Gasteiger partial charge in [-0.1, -0.05) is 0 Å². The normalized spacial score (nSPS) is 21.8. The summed E-state index contributed by atoms with van der Waals surface area (Å²) in [5.41, 5.74) is 5.11. The molecule has 9 nitrogen and oxygen atoms in total. The Balaban J connectivity index is 0.00000225. The van der Waals surface area contributed by atoms with Crippen LogP contribution in [0.5, 0.6) is 5.75 Å². The monoisotopic (exact) mass is 415 g/mol. The molecule has 0 bridgehead atoms. The first-order valence-corrected chi connectivity index (χ1v) is 8.75. The van der Waals surface area contributed by atoms with Gasteiger partial charge in [0.2, 0.25) is 0 Å². The number of fused-ring (bicyclic) bond motifs is 1. The minimum atomic E-state index is -0.761. The minimum absolute atomic E-state index is 0. The molecule has 2 heterocycles. The Kier molecular flexibility index (Phi) is 5.30. The van der Waals surface area contributed by atoms with E-state index in [0.29, 0.717) is 17.8 Å². The van der Waals surface area contributed by atoms with Crippen LogP contribution in [0, 0.1) is 5.82 Å². The van der Waals surface area contributed by atoms with Crippen LogP contribution in [-0.2, 0) is 4.74 Å². The van der Waals surface area contributed by atoms with Crippen molar-refractivity contribution in [1.82, 2.24) is 9.24 Å². The topological polar surface area (TPSA) is 118 Å². The molecule has 4 rings (SSSR count). The zero-order chi connectivity index (χ0) is 19.5. The van der Waals surface area contributed by atoms with E-state index in [1.54, 1.807) is 12.0 Å². The van der Waals surface area contributed by atoms with Gasteiger partial charge in [-0.15, -0.1) is 12.4 Å². The van der Waals surface area contributed by atoms with Gasteiger partial charge >= 0.3 is 5.69 Å². The van der Waals surface area contributed by atoms with Gasteiger partial charge in [0.25, 0.3) is 5.56 Å². The van der Waals surface area contributed by atoms with E-state index in [4.69, 9.17) is 21.1 Å². The predicted molar refractivity (Wildman–Crippen MR) is 106 cm³/mol. The summed E-state index contributed by atoms with van der Waals surface area (Å²) in [5.74, 6) is 5.13. The lowest BCUT2D eigenvalue weighted by Gasteiger charge is -2.24. The first-order chi connectivity index (χ1) is 12.9. The number of hydrogen-bond donors (Lipinski definition) is 2. The lowest BCUT2D eigenvalue weighted by molar-refractivity contribution is 0.108. The second kappa shape index (κ2) is 7.26. The third kappa shape index (κ3) is 2.92. The summed E-state index contributed by atoms with van der Waals surface area (Å²) in [5, 5.41) is 0.00823. The van der Waals surface area contributed by atoms with E-state index in [-0.39, 0.29) is 52.9 Å². The van der Waals surface area contributed by atoms with Gasteiger partial charge in [0.05, 0.1) is 24.6 Å². The number of nitrogen functional groups attached to an aromatic ring is 1. The molecule has 1 aliphatic heterocycles. The van der Waals surface area contributed by atoms with E-state index in [0.717, 1.165) is 18.9 Å². The maximum absolute atomic E-state index is 15.1. The number of aromatic nitrogens is 2. The summed E-state index contributed by atoms with van der Waals surface area (Å²) in [6, 6.07) is 0.732. The average molecular weight is 416 g/mol. The van der Waals surface area contributed by atoms with Crippen LogP contribution in [0.25, 0.3) is 10.9 Å². The highest BCUT2D eigenvalue weighted by atomic mass is 35.5. The molecule has 28 heavy (non-hydrogen) atoms. The van der Waals surface area contributed by atoms with Crippen molar-refractivity contribution in [2.75, 3.05) is 38.1 Å². The summed E-state index contributed by atoms with van der Waals surface area (Å²) in [7, 11) is 2.94. The Labute approximate surface area is 166 Å². The molecule has 154 valence electrons. The fourth-order valence-electron chi connectivity index (χ4n) is 3.83. The van der Waals surface area contributed by atoms with Crippen molar-refractivity contribution < 1.29 is 13.9 Å². The standard InChI is InChI=1S/C17H22FN5O4.ClH/c1-26-12-7-21(6-11(12)19)14-10(18)5-9-13(15(14)27-2)22(8-3-4-8)17(25)23(20)16(9)24;/h5,8,11-12H,3-4,6-7,19-20H2,1-2H3;1H. The van der Waals surface area contributed by atoms with Crippen LogP contribution in [-0.4, -0.2) is 48.7 Å². The Bertz CT molecular complexity index is 1040. The molecule has 2 aromatic rings. The van der Waals surface area contributed by atoms with Crippen molar-refractivity contribution in [3.8, 4) is 5.75 Å². The molecule has 0 spiro atoms. The maximum atomic E-state index is 15.1. The molecular formula is C17H23ClFN5O4. The van der Waals surface area contributed by atoms with Crippen LogP contribution in [0.3, 0.4) is 0 Å². The highest BCUT2D eigenvalue weighted by molar-refractivity contribution is 5.91. The fraction of sp³-hybridized carbons (Fsp3) is 0.529. The Morgan fingerprint density at radius 2 is 1.89 bits per heavy atom. The van der Waals surface area contributed by atoms with Crippen molar-refractivity contribution in [3.05, 3.63) is 32.7 Å². The van der Waals surface area contributed by atoms with Crippen LogP contribution in [0.4, 0.5) is 10.1 Å². The molecule has 2 fully saturated rings. The molecule has 4 N–H and O–H groups in total. The first-order valence-electron chi connectivity index (χ1n) is 8.75. The van der Waals surface area contributed by atoms with E-state index < -0.39 is 17.1 Å². The minimum Gasteiger partial charge on any atom is -0.492 e. The Hall–Kier alpha value is -2.30. The smallest absolute Gasteiger partial charge is 0.350 e. The van der Waals surface area contributed by atoms with Gasteiger partial charge in [-0.05, 0) is 18.9 Å². The van der Waals surface area contributed by atoms with Gasteiger partial charge in [-0.25, -0.2) is 9.18 Å². The molecule has 1 aromatic heterocycles.